The number of nitrogens with zero attached hydrogens (tertiary/aromatic N) is 2. The molecule has 1 N–H and O–H groups in total. The molecule has 0 saturated carbocycles. The molecule has 0 aliphatic rings. The number of pyridine rings is 1. The van der Waals surface area contributed by atoms with Gasteiger partial charge in [-0.25, -0.2) is 13.2 Å². The zero-order valence-electron chi connectivity index (χ0n) is 12.4. The first-order chi connectivity index (χ1) is 12.0. The van der Waals surface area contributed by atoms with Crippen LogP contribution >= 0.6 is 11.3 Å². The molecular weight excluding hydrogens is 388 g/mol. The number of alkyl halides is 5. The van der Waals surface area contributed by atoms with E-state index in [0.29, 0.717) is 16.7 Å². The topological polar surface area (TPSA) is 74.9 Å². The lowest BCUT2D eigenvalue weighted by molar-refractivity contribution is -0.137. The minimum absolute atomic E-state index is 0.260. The highest BCUT2D eigenvalue weighted by molar-refractivity contribution is 7.14. The molecule has 12 heteroatoms. The van der Waals surface area contributed by atoms with E-state index in [9.17, 15) is 35.9 Å². The summed E-state index contributed by atoms with van der Waals surface area (Å²) in [5.74, 6) is -2.55. The molecule has 0 saturated heterocycles. The summed E-state index contributed by atoms with van der Waals surface area (Å²) in [6.45, 7) is -1.13. The maximum absolute atomic E-state index is 13.5. The van der Waals surface area contributed by atoms with Crippen LogP contribution in [0, 0.1) is 17.1 Å². The molecule has 1 amide bonds. The van der Waals surface area contributed by atoms with Gasteiger partial charge in [-0.3, -0.25) is 9.59 Å². The number of hydrogen-bond acceptors (Lipinski definition) is 4. The minimum Gasteiger partial charge on any atom is -0.320 e. The van der Waals surface area contributed by atoms with Crippen molar-refractivity contribution in [3.05, 3.63) is 49.8 Å². The number of aromatic nitrogens is 1. The first-order valence-corrected chi connectivity index (χ1v) is 7.45. The van der Waals surface area contributed by atoms with Crippen molar-refractivity contribution in [1.29, 1.82) is 5.26 Å². The van der Waals surface area contributed by atoms with Crippen LogP contribution in [0.5, 0.6) is 0 Å². The van der Waals surface area contributed by atoms with Crippen molar-refractivity contribution in [1.82, 2.24) is 4.57 Å². The minimum atomic E-state index is -4.85. The summed E-state index contributed by atoms with van der Waals surface area (Å²) in [7, 11) is 0. The van der Waals surface area contributed by atoms with Crippen molar-refractivity contribution < 1.29 is 31.1 Å². The summed E-state index contributed by atoms with van der Waals surface area (Å²) in [6.07, 6.45) is -7.08. The van der Waals surface area contributed by atoms with Gasteiger partial charge in [0.1, 0.15) is 10.9 Å². The summed E-state index contributed by atoms with van der Waals surface area (Å²) in [6, 6.07) is 2.31. The lowest BCUT2D eigenvalue weighted by Crippen LogP contribution is -2.26. The number of amides is 1. The van der Waals surface area contributed by atoms with Crippen LogP contribution in [-0.4, -0.2) is 16.9 Å². The quantitative estimate of drug-likeness (QED) is 0.806. The third-order valence-corrected chi connectivity index (χ3v) is 4.04. The van der Waals surface area contributed by atoms with E-state index in [2.05, 4.69) is 0 Å². The largest absolute Gasteiger partial charge is 0.418 e. The average Bonchev–Trinajstić information content (AvgIpc) is 2.96. The molecule has 0 aliphatic carbocycles. The SMILES string of the molecule is N#Cc1sc(C(=O)Nc2cc(F)c(=O)n(CC(F)F)c2)cc1C(F)(F)F. The fraction of sp³-hybridized carbons (Fsp3) is 0.214. The highest BCUT2D eigenvalue weighted by Crippen LogP contribution is 2.36. The Kier molecular flexibility index (Phi) is 5.41. The van der Waals surface area contributed by atoms with E-state index < -0.39 is 57.4 Å². The molecule has 2 heterocycles. The van der Waals surface area contributed by atoms with Gasteiger partial charge < -0.3 is 9.88 Å². The van der Waals surface area contributed by atoms with Gasteiger partial charge in [0.2, 0.25) is 0 Å². The van der Waals surface area contributed by atoms with Crippen LogP contribution in [0.3, 0.4) is 0 Å². The summed E-state index contributed by atoms with van der Waals surface area (Å²) in [5.41, 5.74) is -3.05. The first-order valence-electron chi connectivity index (χ1n) is 6.63. The number of halogens is 6. The zero-order valence-corrected chi connectivity index (χ0v) is 13.2. The van der Waals surface area contributed by atoms with Gasteiger partial charge in [-0.05, 0) is 6.07 Å². The molecule has 26 heavy (non-hydrogen) atoms. The van der Waals surface area contributed by atoms with E-state index in [-0.39, 0.29) is 11.3 Å². The number of nitrogens with one attached hydrogen (secondary N) is 1. The molecule has 0 spiro atoms. The Morgan fingerprint density at radius 1 is 1.35 bits per heavy atom. The van der Waals surface area contributed by atoms with Gasteiger partial charge >= 0.3 is 6.18 Å². The number of anilines is 1. The molecule has 0 aliphatic heterocycles. The molecule has 2 rings (SSSR count). The zero-order chi connectivity index (χ0) is 19.6. The van der Waals surface area contributed by atoms with Crippen molar-refractivity contribution in [3.63, 3.8) is 0 Å². The van der Waals surface area contributed by atoms with Gasteiger partial charge in [-0.1, -0.05) is 0 Å². The monoisotopic (exact) mass is 395 g/mol. The fourth-order valence-electron chi connectivity index (χ4n) is 1.94. The number of nitriles is 1. The van der Waals surface area contributed by atoms with Crippen molar-refractivity contribution in [2.75, 3.05) is 5.32 Å². The number of carbonyl (C=O) groups is 1. The molecular formula is C14H7F6N3O2S. The van der Waals surface area contributed by atoms with Crippen LogP contribution in [0.1, 0.15) is 20.1 Å². The second-order valence-electron chi connectivity index (χ2n) is 4.84. The average molecular weight is 395 g/mol. The standard InChI is InChI=1S/C14H7F6N3O2S/c15-8-1-6(4-23(13(8)25)5-11(16)17)22-12(24)9-2-7(14(18,19)20)10(3-21)26-9/h1-2,4,11H,5H2,(H,22,24). The van der Waals surface area contributed by atoms with Gasteiger partial charge in [0.15, 0.2) is 5.82 Å². The van der Waals surface area contributed by atoms with Crippen LogP contribution in [-0.2, 0) is 12.7 Å². The van der Waals surface area contributed by atoms with E-state index >= 15 is 0 Å². The van der Waals surface area contributed by atoms with Crippen molar-refractivity contribution in [2.24, 2.45) is 0 Å². The molecule has 0 unspecified atom stereocenters. The third kappa shape index (κ3) is 4.23. The Bertz CT molecular complexity index is 942. The first kappa shape index (κ1) is 19.5. The van der Waals surface area contributed by atoms with Gasteiger partial charge in [0.25, 0.3) is 17.9 Å². The van der Waals surface area contributed by atoms with E-state index in [1.54, 1.807) is 0 Å². The number of carbonyl (C=O) groups excluding carboxylic acids is 1. The molecule has 0 radical (unpaired) electrons. The number of hydrogen-bond donors (Lipinski definition) is 1. The highest BCUT2D eigenvalue weighted by atomic mass is 32.1. The third-order valence-electron chi connectivity index (χ3n) is 3.00. The molecule has 0 aromatic carbocycles. The summed E-state index contributed by atoms with van der Waals surface area (Å²) in [4.78, 5) is 22.2. The molecule has 0 fully saturated rings. The van der Waals surface area contributed by atoms with E-state index in [1.807, 2.05) is 5.32 Å². The summed E-state index contributed by atoms with van der Waals surface area (Å²) in [5, 5.41) is 10.7. The fourth-order valence-corrected chi connectivity index (χ4v) is 2.81. The Morgan fingerprint density at radius 2 is 2.00 bits per heavy atom. The number of thiophene rings is 1. The van der Waals surface area contributed by atoms with Crippen molar-refractivity contribution in [3.8, 4) is 6.07 Å². The Morgan fingerprint density at radius 3 is 2.50 bits per heavy atom. The molecule has 0 bridgehead atoms. The van der Waals surface area contributed by atoms with Crippen LogP contribution in [0.25, 0.3) is 0 Å². The molecule has 0 atom stereocenters. The highest BCUT2D eigenvalue weighted by Gasteiger charge is 2.36. The smallest absolute Gasteiger partial charge is 0.320 e. The Hall–Kier alpha value is -2.81. The van der Waals surface area contributed by atoms with Gasteiger partial charge in [0, 0.05) is 12.3 Å². The van der Waals surface area contributed by atoms with E-state index in [0.717, 1.165) is 6.20 Å². The van der Waals surface area contributed by atoms with Crippen LogP contribution in [0.2, 0.25) is 0 Å². The van der Waals surface area contributed by atoms with Crippen LogP contribution in [0.15, 0.2) is 23.1 Å². The molecule has 2 aromatic heterocycles. The summed E-state index contributed by atoms with van der Waals surface area (Å²) >= 11 is 0.260. The van der Waals surface area contributed by atoms with Gasteiger partial charge in [0.05, 0.1) is 22.7 Å². The lowest BCUT2D eigenvalue weighted by Gasteiger charge is -2.09. The normalized spacial score (nSPS) is 11.5. The maximum atomic E-state index is 13.5. The van der Waals surface area contributed by atoms with Crippen LogP contribution in [0.4, 0.5) is 32.0 Å². The van der Waals surface area contributed by atoms with Crippen molar-refractivity contribution in [2.45, 2.75) is 19.1 Å². The second-order valence-corrected chi connectivity index (χ2v) is 5.89. The lowest BCUT2D eigenvalue weighted by atomic mass is 10.2. The Labute approximate surface area is 145 Å². The van der Waals surface area contributed by atoms with Crippen LogP contribution < -0.4 is 10.9 Å². The molecule has 5 nitrogen and oxygen atoms in total. The number of rotatable bonds is 4. The van der Waals surface area contributed by atoms with E-state index in [1.165, 1.54) is 6.07 Å². The Balaban J connectivity index is 2.34. The van der Waals surface area contributed by atoms with Gasteiger partial charge in [-0.2, -0.15) is 18.4 Å². The summed E-state index contributed by atoms with van der Waals surface area (Å²) < 4.78 is 76.9. The maximum Gasteiger partial charge on any atom is 0.418 e. The van der Waals surface area contributed by atoms with Gasteiger partial charge in [-0.15, -0.1) is 11.3 Å². The molecule has 2 aromatic rings. The predicted molar refractivity (Wildman–Crippen MR) is 78.7 cm³/mol. The predicted octanol–water partition coefficient (Wildman–Crippen LogP) is 3.46. The second kappa shape index (κ2) is 7.20. The van der Waals surface area contributed by atoms with E-state index in [4.69, 9.17) is 5.26 Å². The molecule has 138 valence electrons. The van der Waals surface area contributed by atoms with Crippen molar-refractivity contribution >= 4 is 22.9 Å².